The van der Waals surface area contributed by atoms with Crippen molar-refractivity contribution in [1.29, 1.82) is 0 Å². The first-order valence-corrected chi connectivity index (χ1v) is 10.3. The predicted octanol–water partition coefficient (Wildman–Crippen LogP) is 4.87. The fraction of sp³-hybridized carbons (Fsp3) is 0.409. The van der Waals surface area contributed by atoms with E-state index in [2.05, 4.69) is 29.3 Å². The van der Waals surface area contributed by atoms with Crippen LogP contribution >= 0.6 is 11.6 Å². The molecular formula is C22H28ClN3O2. The van der Waals surface area contributed by atoms with Crippen molar-refractivity contribution in [3.8, 4) is 5.75 Å². The highest BCUT2D eigenvalue weighted by atomic mass is 35.5. The van der Waals surface area contributed by atoms with Gasteiger partial charge in [-0.05, 0) is 48.4 Å². The first-order valence-electron chi connectivity index (χ1n) is 9.89. The highest BCUT2D eigenvalue weighted by Crippen LogP contribution is 2.17. The van der Waals surface area contributed by atoms with Crippen LogP contribution in [0.1, 0.15) is 25.3 Å². The van der Waals surface area contributed by atoms with Crippen molar-refractivity contribution in [2.75, 3.05) is 38.1 Å². The summed E-state index contributed by atoms with van der Waals surface area (Å²) < 4.78 is 5.72. The molecule has 2 amide bonds. The zero-order valence-corrected chi connectivity index (χ0v) is 17.1. The van der Waals surface area contributed by atoms with Crippen molar-refractivity contribution in [2.24, 2.45) is 0 Å². The Morgan fingerprint density at radius 3 is 2.36 bits per heavy atom. The third kappa shape index (κ3) is 6.14. The Hall–Kier alpha value is -2.24. The van der Waals surface area contributed by atoms with E-state index in [1.165, 1.54) is 5.56 Å². The van der Waals surface area contributed by atoms with Crippen LogP contribution in [0.2, 0.25) is 5.02 Å². The number of nitrogens with one attached hydrogen (secondary N) is 1. The third-order valence-electron chi connectivity index (χ3n) is 4.85. The van der Waals surface area contributed by atoms with Crippen LogP contribution < -0.4 is 10.1 Å². The van der Waals surface area contributed by atoms with E-state index in [0.29, 0.717) is 5.02 Å². The van der Waals surface area contributed by atoms with Gasteiger partial charge in [0.25, 0.3) is 0 Å². The van der Waals surface area contributed by atoms with Crippen LogP contribution in [0.4, 0.5) is 10.5 Å². The lowest BCUT2D eigenvalue weighted by atomic mass is 10.2. The Balaban J connectivity index is 1.42. The molecule has 1 heterocycles. The minimum Gasteiger partial charge on any atom is -0.494 e. The van der Waals surface area contributed by atoms with Gasteiger partial charge in [0.1, 0.15) is 5.75 Å². The number of anilines is 1. The highest BCUT2D eigenvalue weighted by Gasteiger charge is 2.21. The molecule has 0 saturated carbocycles. The Morgan fingerprint density at radius 2 is 1.71 bits per heavy atom. The molecule has 6 heteroatoms. The van der Waals surface area contributed by atoms with Crippen LogP contribution in [-0.2, 0) is 6.54 Å². The number of hydrogen-bond donors (Lipinski definition) is 1. The summed E-state index contributed by atoms with van der Waals surface area (Å²) in [5, 5.41) is 3.59. The average molecular weight is 402 g/mol. The minimum absolute atomic E-state index is 0.0597. The van der Waals surface area contributed by atoms with E-state index in [1.54, 1.807) is 12.1 Å². The summed E-state index contributed by atoms with van der Waals surface area (Å²) in [5.41, 5.74) is 2.03. The van der Waals surface area contributed by atoms with E-state index in [-0.39, 0.29) is 6.03 Å². The lowest BCUT2D eigenvalue weighted by Gasteiger charge is -2.34. The number of ether oxygens (including phenoxy) is 1. The SMILES string of the molecule is CCCCOc1ccc(CN2CCN(C(=O)Nc3ccc(Cl)cc3)CC2)cc1. The molecule has 5 nitrogen and oxygen atoms in total. The number of piperazine rings is 1. The molecule has 2 aromatic rings. The second kappa shape index (κ2) is 10.3. The number of nitrogens with zero attached hydrogens (tertiary/aromatic N) is 2. The molecule has 0 spiro atoms. The maximum atomic E-state index is 12.4. The smallest absolute Gasteiger partial charge is 0.321 e. The molecule has 0 aromatic heterocycles. The lowest BCUT2D eigenvalue weighted by Crippen LogP contribution is -2.49. The number of carbonyl (C=O) groups is 1. The second-order valence-electron chi connectivity index (χ2n) is 7.05. The molecule has 1 aliphatic heterocycles. The molecule has 28 heavy (non-hydrogen) atoms. The van der Waals surface area contributed by atoms with Gasteiger partial charge in [-0.2, -0.15) is 0 Å². The molecule has 0 aliphatic carbocycles. The van der Waals surface area contributed by atoms with Crippen LogP contribution in [0.25, 0.3) is 0 Å². The maximum absolute atomic E-state index is 12.4. The fourth-order valence-corrected chi connectivity index (χ4v) is 3.25. The van der Waals surface area contributed by atoms with E-state index >= 15 is 0 Å². The number of hydrogen-bond acceptors (Lipinski definition) is 3. The van der Waals surface area contributed by atoms with Gasteiger partial charge in [-0.25, -0.2) is 4.79 Å². The molecule has 0 unspecified atom stereocenters. The van der Waals surface area contributed by atoms with E-state index in [4.69, 9.17) is 16.3 Å². The fourth-order valence-electron chi connectivity index (χ4n) is 3.13. The summed E-state index contributed by atoms with van der Waals surface area (Å²) in [6.07, 6.45) is 2.22. The van der Waals surface area contributed by atoms with Gasteiger partial charge in [-0.15, -0.1) is 0 Å². The van der Waals surface area contributed by atoms with Gasteiger partial charge < -0.3 is 15.0 Å². The predicted molar refractivity (Wildman–Crippen MR) is 114 cm³/mol. The van der Waals surface area contributed by atoms with Gasteiger partial charge in [0.15, 0.2) is 0 Å². The van der Waals surface area contributed by atoms with Crippen LogP contribution in [0.5, 0.6) is 5.75 Å². The highest BCUT2D eigenvalue weighted by molar-refractivity contribution is 6.30. The van der Waals surface area contributed by atoms with Gasteiger partial charge >= 0.3 is 6.03 Å². The van der Waals surface area contributed by atoms with Crippen molar-refractivity contribution in [3.05, 3.63) is 59.1 Å². The molecule has 1 aliphatic rings. The molecule has 0 radical (unpaired) electrons. The van der Waals surface area contributed by atoms with Crippen LogP contribution in [0, 0.1) is 0 Å². The summed E-state index contributed by atoms with van der Waals surface area (Å²) >= 11 is 5.88. The van der Waals surface area contributed by atoms with Crippen molar-refractivity contribution in [2.45, 2.75) is 26.3 Å². The lowest BCUT2D eigenvalue weighted by molar-refractivity contribution is 0.143. The van der Waals surface area contributed by atoms with Crippen LogP contribution in [0.3, 0.4) is 0 Å². The van der Waals surface area contributed by atoms with Crippen LogP contribution in [0.15, 0.2) is 48.5 Å². The molecule has 3 rings (SSSR count). The van der Waals surface area contributed by atoms with Crippen LogP contribution in [-0.4, -0.2) is 48.6 Å². The standard InChI is InChI=1S/C22H28ClN3O2/c1-2-3-16-28-21-10-4-18(5-11-21)17-25-12-14-26(15-13-25)22(27)24-20-8-6-19(23)7-9-20/h4-11H,2-3,12-17H2,1H3,(H,24,27). The Labute approximate surface area is 172 Å². The summed E-state index contributed by atoms with van der Waals surface area (Å²) in [6.45, 7) is 6.99. The monoisotopic (exact) mass is 401 g/mol. The first kappa shape index (κ1) is 20.5. The Bertz CT molecular complexity index is 741. The number of amides is 2. The Morgan fingerprint density at radius 1 is 1.04 bits per heavy atom. The van der Waals surface area contributed by atoms with E-state index < -0.39 is 0 Å². The molecular weight excluding hydrogens is 374 g/mol. The van der Waals surface area contributed by atoms with Crippen molar-refractivity contribution < 1.29 is 9.53 Å². The molecule has 0 bridgehead atoms. The van der Waals surface area contributed by atoms with E-state index in [0.717, 1.165) is 63.6 Å². The van der Waals surface area contributed by atoms with Crippen molar-refractivity contribution in [1.82, 2.24) is 9.80 Å². The Kier molecular flexibility index (Phi) is 7.57. The first-order chi connectivity index (χ1) is 13.6. The van der Waals surface area contributed by atoms with E-state index in [1.807, 2.05) is 29.2 Å². The zero-order valence-electron chi connectivity index (χ0n) is 16.4. The number of carbonyl (C=O) groups excluding carboxylic acids is 1. The normalized spacial score (nSPS) is 14.7. The van der Waals surface area contributed by atoms with Gasteiger partial charge in [0.05, 0.1) is 6.61 Å². The molecule has 0 atom stereocenters. The number of urea groups is 1. The van der Waals surface area contributed by atoms with Crippen molar-refractivity contribution in [3.63, 3.8) is 0 Å². The number of benzene rings is 2. The molecule has 150 valence electrons. The maximum Gasteiger partial charge on any atom is 0.321 e. The zero-order chi connectivity index (χ0) is 19.8. The largest absolute Gasteiger partial charge is 0.494 e. The van der Waals surface area contributed by atoms with E-state index in [9.17, 15) is 4.79 Å². The summed E-state index contributed by atoms with van der Waals surface area (Å²) in [5.74, 6) is 0.931. The average Bonchev–Trinajstić information content (AvgIpc) is 2.72. The van der Waals surface area contributed by atoms with Gasteiger partial charge in [0, 0.05) is 43.4 Å². The number of rotatable bonds is 7. The molecule has 1 saturated heterocycles. The molecule has 1 N–H and O–H groups in total. The topological polar surface area (TPSA) is 44.8 Å². The summed E-state index contributed by atoms with van der Waals surface area (Å²) in [4.78, 5) is 16.6. The van der Waals surface area contributed by atoms with Gasteiger partial charge in [-0.3, -0.25) is 4.90 Å². The van der Waals surface area contributed by atoms with Gasteiger partial charge in [-0.1, -0.05) is 37.1 Å². The van der Waals surface area contributed by atoms with Gasteiger partial charge in [0.2, 0.25) is 0 Å². The van der Waals surface area contributed by atoms with Crippen molar-refractivity contribution >= 4 is 23.3 Å². The number of halogens is 1. The minimum atomic E-state index is -0.0597. The quantitative estimate of drug-likeness (QED) is 0.673. The molecule has 2 aromatic carbocycles. The summed E-state index contributed by atoms with van der Waals surface area (Å²) in [6, 6.07) is 15.4. The third-order valence-corrected chi connectivity index (χ3v) is 5.10. The molecule has 1 fully saturated rings. The second-order valence-corrected chi connectivity index (χ2v) is 7.48. The summed E-state index contributed by atoms with van der Waals surface area (Å²) in [7, 11) is 0. The number of unbranched alkanes of at least 4 members (excludes halogenated alkanes) is 1.